The van der Waals surface area contributed by atoms with E-state index in [9.17, 15) is 4.79 Å². The Morgan fingerprint density at radius 2 is 1.96 bits per heavy atom. The summed E-state index contributed by atoms with van der Waals surface area (Å²) in [6.45, 7) is 2.34. The molecule has 3 rings (SSSR count). The molecular formula is C18H24N4O2. The summed E-state index contributed by atoms with van der Waals surface area (Å²) >= 11 is 0. The highest BCUT2D eigenvalue weighted by molar-refractivity contribution is 5.74. The van der Waals surface area contributed by atoms with Gasteiger partial charge in [-0.1, -0.05) is 54.2 Å². The lowest BCUT2D eigenvalue weighted by molar-refractivity contribution is 0.192. The zero-order valence-electron chi connectivity index (χ0n) is 14.3. The number of aryl methyl sites for hydroxylation is 1. The van der Waals surface area contributed by atoms with Crippen molar-refractivity contribution in [3.63, 3.8) is 0 Å². The zero-order chi connectivity index (χ0) is 16.9. The molecule has 0 bridgehead atoms. The third-order valence-electron chi connectivity index (χ3n) is 4.43. The van der Waals surface area contributed by atoms with E-state index in [0.29, 0.717) is 24.3 Å². The maximum absolute atomic E-state index is 12.3. The molecule has 2 aromatic rings. The second-order valence-corrected chi connectivity index (χ2v) is 6.52. The molecule has 6 heteroatoms. The fourth-order valence-corrected chi connectivity index (χ4v) is 2.95. The Bertz CT molecular complexity index is 675. The number of rotatable bonds is 4. The van der Waals surface area contributed by atoms with Crippen LogP contribution in [0.4, 0.5) is 4.79 Å². The molecule has 0 radical (unpaired) electrons. The van der Waals surface area contributed by atoms with Crippen LogP contribution in [0.3, 0.4) is 0 Å². The van der Waals surface area contributed by atoms with E-state index >= 15 is 0 Å². The summed E-state index contributed by atoms with van der Waals surface area (Å²) in [5.41, 5.74) is 2.09. The number of carbonyl (C=O) groups excluding carboxylic acids is 1. The minimum atomic E-state index is -0.0861. The fraction of sp³-hybridized carbons (Fsp3) is 0.500. The van der Waals surface area contributed by atoms with Crippen molar-refractivity contribution in [1.82, 2.24) is 20.4 Å². The highest BCUT2D eigenvalue weighted by atomic mass is 16.5. The first-order chi connectivity index (χ1) is 11.6. The van der Waals surface area contributed by atoms with Gasteiger partial charge in [0.05, 0.1) is 0 Å². The van der Waals surface area contributed by atoms with Crippen LogP contribution in [0, 0.1) is 6.92 Å². The average molecular weight is 328 g/mol. The molecule has 24 heavy (non-hydrogen) atoms. The molecule has 0 spiro atoms. The minimum absolute atomic E-state index is 0.0861. The number of urea groups is 1. The van der Waals surface area contributed by atoms with Gasteiger partial charge in [0.1, 0.15) is 6.54 Å². The Hall–Kier alpha value is -2.37. The van der Waals surface area contributed by atoms with Gasteiger partial charge in [0.2, 0.25) is 11.7 Å². The minimum Gasteiger partial charge on any atom is -0.337 e. The Morgan fingerprint density at radius 3 is 2.67 bits per heavy atom. The molecule has 1 saturated carbocycles. The zero-order valence-corrected chi connectivity index (χ0v) is 14.3. The molecule has 128 valence electrons. The Labute approximate surface area is 142 Å². The topological polar surface area (TPSA) is 71.3 Å². The number of aromatic nitrogens is 2. The van der Waals surface area contributed by atoms with Crippen LogP contribution >= 0.6 is 0 Å². The molecule has 1 aliphatic carbocycles. The third-order valence-corrected chi connectivity index (χ3v) is 4.43. The van der Waals surface area contributed by atoms with E-state index < -0.39 is 0 Å². The number of hydrogen-bond acceptors (Lipinski definition) is 4. The molecule has 0 unspecified atom stereocenters. The maximum atomic E-state index is 12.3. The van der Waals surface area contributed by atoms with E-state index in [1.165, 1.54) is 24.8 Å². The first-order valence-electron chi connectivity index (χ1n) is 8.53. The van der Waals surface area contributed by atoms with Crippen LogP contribution in [0.25, 0.3) is 11.4 Å². The number of nitrogens with zero attached hydrogens (tertiary/aromatic N) is 3. The van der Waals surface area contributed by atoms with Gasteiger partial charge in [0.25, 0.3) is 0 Å². The standard InChI is InChI=1S/C18H24N4O2/c1-13-8-10-14(11-9-13)17-20-16(24-21-17)12-22(2)18(23)19-15-6-4-3-5-7-15/h8-11,15H,3-7,12H2,1-2H3,(H,19,23). The van der Waals surface area contributed by atoms with Gasteiger partial charge >= 0.3 is 6.03 Å². The summed E-state index contributed by atoms with van der Waals surface area (Å²) in [5.74, 6) is 0.984. The molecule has 0 saturated heterocycles. The first kappa shape index (κ1) is 16.5. The molecule has 1 N–H and O–H groups in total. The molecular weight excluding hydrogens is 304 g/mol. The van der Waals surface area contributed by atoms with E-state index in [0.717, 1.165) is 18.4 Å². The summed E-state index contributed by atoms with van der Waals surface area (Å²) < 4.78 is 5.28. The van der Waals surface area contributed by atoms with Crippen molar-refractivity contribution in [1.29, 1.82) is 0 Å². The molecule has 1 aliphatic rings. The van der Waals surface area contributed by atoms with Crippen LogP contribution in [0.15, 0.2) is 28.8 Å². The lowest BCUT2D eigenvalue weighted by Crippen LogP contribution is -2.43. The molecule has 1 heterocycles. The van der Waals surface area contributed by atoms with Gasteiger partial charge < -0.3 is 14.7 Å². The van der Waals surface area contributed by atoms with Crippen molar-refractivity contribution in [3.8, 4) is 11.4 Å². The van der Waals surface area contributed by atoms with E-state index in [2.05, 4.69) is 15.5 Å². The average Bonchev–Trinajstić information content (AvgIpc) is 3.05. The van der Waals surface area contributed by atoms with Gasteiger partial charge in [-0.3, -0.25) is 0 Å². The predicted octanol–water partition coefficient (Wildman–Crippen LogP) is 3.52. The quantitative estimate of drug-likeness (QED) is 0.932. The molecule has 0 atom stereocenters. The number of benzene rings is 1. The largest absolute Gasteiger partial charge is 0.337 e. The second kappa shape index (κ2) is 7.47. The maximum Gasteiger partial charge on any atom is 0.317 e. The SMILES string of the molecule is Cc1ccc(-c2noc(CN(C)C(=O)NC3CCCCC3)n2)cc1. The highest BCUT2D eigenvalue weighted by Gasteiger charge is 2.19. The van der Waals surface area contributed by atoms with Crippen LogP contribution in [0.5, 0.6) is 0 Å². The summed E-state index contributed by atoms with van der Waals surface area (Å²) in [6.07, 6.45) is 5.79. The van der Waals surface area contributed by atoms with E-state index in [1.807, 2.05) is 31.2 Å². The number of hydrogen-bond donors (Lipinski definition) is 1. The van der Waals surface area contributed by atoms with Crippen molar-refractivity contribution in [3.05, 3.63) is 35.7 Å². The predicted molar refractivity (Wildman–Crippen MR) is 91.3 cm³/mol. The van der Waals surface area contributed by atoms with Gasteiger partial charge in [-0.05, 0) is 19.8 Å². The Morgan fingerprint density at radius 1 is 1.25 bits per heavy atom. The van der Waals surface area contributed by atoms with E-state index in [-0.39, 0.29) is 6.03 Å². The molecule has 0 aliphatic heterocycles. The number of nitrogens with one attached hydrogen (secondary N) is 1. The first-order valence-corrected chi connectivity index (χ1v) is 8.53. The Kier molecular flexibility index (Phi) is 5.13. The number of amides is 2. The highest BCUT2D eigenvalue weighted by Crippen LogP contribution is 2.18. The van der Waals surface area contributed by atoms with E-state index in [4.69, 9.17) is 4.52 Å². The smallest absolute Gasteiger partial charge is 0.317 e. The van der Waals surface area contributed by atoms with Crippen molar-refractivity contribution >= 4 is 6.03 Å². The van der Waals surface area contributed by atoms with Crippen molar-refractivity contribution in [2.24, 2.45) is 0 Å². The molecule has 2 amide bonds. The van der Waals surface area contributed by atoms with Crippen LogP contribution in [-0.4, -0.2) is 34.2 Å². The summed E-state index contributed by atoms with van der Waals surface area (Å²) in [7, 11) is 1.74. The van der Waals surface area contributed by atoms with Crippen LogP contribution in [0.2, 0.25) is 0 Å². The van der Waals surface area contributed by atoms with Gasteiger partial charge in [0, 0.05) is 18.7 Å². The van der Waals surface area contributed by atoms with Crippen LogP contribution < -0.4 is 5.32 Å². The van der Waals surface area contributed by atoms with Crippen molar-refractivity contribution in [2.45, 2.75) is 51.6 Å². The van der Waals surface area contributed by atoms with Crippen LogP contribution in [-0.2, 0) is 6.54 Å². The van der Waals surface area contributed by atoms with Gasteiger partial charge in [-0.2, -0.15) is 4.98 Å². The number of carbonyl (C=O) groups is 1. The lowest BCUT2D eigenvalue weighted by Gasteiger charge is -2.25. The molecule has 1 fully saturated rings. The van der Waals surface area contributed by atoms with Gasteiger partial charge in [-0.25, -0.2) is 4.79 Å². The summed E-state index contributed by atoms with van der Waals surface area (Å²) in [6, 6.07) is 8.15. The van der Waals surface area contributed by atoms with Crippen molar-refractivity contribution < 1.29 is 9.32 Å². The molecule has 6 nitrogen and oxygen atoms in total. The summed E-state index contributed by atoms with van der Waals surface area (Å²) in [5, 5.41) is 7.08. The Balaban J connectivity index is 1.57. The van der Waals surface area contributed by atoms with Gasteiger partial charge in [-0.15, -0.1) is 0 Å². The summed E-state index contributed by atoms with van der Waals surface area (Å²) in [4.78, 5) is 18.2. The molecule has 1 aromatic heterocycles. The van der Waals surface area contributed by atoms with Gasteiger partial charge in [0.15, 0.2) is 0 Å². The molecule has 1 aromatic carbocycles. The van der Waals surface area contributed by atoms with Crippen LogP contribution in [0.1, 0.15) is 43.6 Å². The monoisotopic (exact) mass is 328 g/mol. The van der Waals surface area contributed by atoms with E-state index in [1.54, 1.807) is 11.9 Å². The second-order valence-electron chi connectivity index (χ2n) is 6.52. The third kappa shape index (κ3) is 4.13. The lowest BCUT2D eigenvalue weighted by atomic mass is 9.96. The normalized spacial score (nSPS) is 15.2. The fourth-order valence-electron chi connectivity index (χ4n) is 2.95. The van der Waals surface area contributed by atoms with Crippen molar-refractivity contribution in [2.75, 3.05) is 7.05 Å².